The average Bonchev–Trinajstić information content (AvgIpc) is 3.22. The van der Waals surface area contributed by atoms with E-state index >= 15 is 0 Å². The standard InChI is InChI=1S/C27H21BrO8/c28-16-20(33-24(29)17-10-4-1-5-11-17)21-22(35-25(30)18-12-6-2-7-13-18)23(27(32)34-21)36-26(31)19-14-8-3-9-15-19/h1-15,20-23H,16H2/t20-,21+,22+,23-/m1/s1. The predicted octanol–water partition coefficient (Wildman–Crippen LogP) is 3.98. The predicted molar refractivity (Wildman–Crippen MR) is 131 cm³/mol. The van der Waals surface area contributed by atoms with E-state index in [4.69, 9.17) is 18.9 Å². The minimum atomic E-state index is -1.56. The Morgan fingerprint density at radius 3 is 1.64 bits per heavy atom. The Bertz CT molecular complexity index is 1220. The van der Waals surface area contributed by atoms with Crippen LogP contribution in [0.2, 0.25) is 0 Å². The number of rotatable bonds is 8. The van der Waals surface area contributed by atoms with Crippen LogP contribution < -0.4 is 0 Å². The average molecular weight is 553 g/mol. The van der Waals surface area contributed by atoms with Gasteiger partial charge in [0.15, 0.2) is 18.3 Å². The van der Waals surface area contributed by atoms with Crippen molar-refractivity contribution < 1.29 is 38.1 Å². The highest BCUT2D eigenvalue weighted by Gasteiger charge is 2.54. The molecule has 0 radical (unpaired) electrons. The first kappa shape index (κ1) is 25.1. The molecule has 0 spiro atoms. The van der Waals surface area contributed by atoms with Crippen LogP contribution in [0.5, 0.6) is 0 Å². The van der Waals surface area contributed by atoms with Crippen LogP contribution in [0.3, 0.4) is 0 Å². The van der Waals surface area contributed by atoms with Crippen LogP contribution in [-0.4, -0.2) is 53.6 Å². The molecular weight excluding hydrogens is 532 g/mol. The topological polar surface area (TPSA) is 105 Å². The Labute approximate surface area is 215 Å². The fraction of sp³-hybridized carbons (Fsp3) is 0.185. The molecule has 0 unspecified atom stereocenters. The number of hydrogen-bond donors (Lipinski definition) is 0. The fourth-order valence-electron chi connectivity index (χ4n) is 3.60. The molecule has 0 saturated carbocycles. The summed E-state index contributed by atoms with van der Waals surface area (Å²) in [6.07, 6.45) is -5.21. The number of carbonyl (C=O) groups is 4. The number of halogens is 1. The molecule has 36 heavy (non-hydrogen) atoms. The van der Waals surface area contributed by atoms with Gasteiger partial charge in [-0.2, -0.15) is 0 Å². The molecule has 0 bridgehead atoms. The third-order valence-electron chi connectivity index (χ3n) is 5.39. The number of carbonyl (C=O) groups excluding carboxylic acids is 4. The van der Waals surface area contributed by atoms with Crippen molar-refractivity contribution in [2.75, 3.05) is 5.33 Å². The quantitative estimate of drug-likeness (QED) is 0.235. The fourth-order valence-corrected chi connectivity index (χ4v) is 4.10. The third-order valence-corrected chi connectivity index (χ3v) is 6.03. The van der Waals surface area contributed by atoms with E-state index in [2.05, 4.69) is 15.9 Å². The maximum Gasteiger partial charge on any atom is 0.352 e. The Balaban J connectivity index is 1.59. The monoisotopic (exact) mass is 552 g/mol. The van der Waals surface area contributed by atoms with Crippen molar-refractivity contribution in [3.63, 3.8) is 0 Å². The molecule has 1 aliphatic rings. The molecule has 0 aliphatic carbocycles. The van der Waals surface area contributed by atoms with Crippen molar-refractivity contribution >= 4 is 39.8 Å². The second kappa shape index (κ2) is 11.6. The number of esters is 4. The van der Waals surface area contributed by atoms with Crippen LogP contribution >= 0.6 is 15.9 Å². The molecule has 0 N–H and O–H groups in total. The second-order valence-electron chi connectivity index (χ2n) is 7.79. The Morgan fingerprint density at radius 2 is 1.17 bits per heavy atom. The molecule has 0 aromatic heterocycles. The summed E-state index contributed by atoms with van der Waals surface area (Å²) in [6.45, 7) is 0. The molecule has 1 saturated heterocycles. The van der Waals surface area contributed by atoms with Gasteiger partial charge in [-0.15, -0.1) is 0 Å². The summed E-state index contributed by atoms with van der Waals surface area (Å²) in [7, 11) is 0. The number of hydrogen-bond acceptors (Lipinski definition) is 8. The van der Waals surface area contributed by atoms with Gasteiger partial charge in [0.1, 0.15) is 0 Å². The zero-order chi connectivity index (χ0) is 25.5. The van der Waals surface area contributed by atoms with Gasteiger partial charge in [0.25, 0.3) is 0 Å². The minimum Gasteiger partial charge on any atom is -0.454 e. The largest absolute Gasteiger partial charge is 0.454 e. The molecule has 3 aromatic carbocycles. The van der Waals surface area contributed by atoms with Gasteiger partial charge in [0.2, 0.25) is 6.10 Å². The van der Waals surface area contributed by atoms with Crippen LogP contribution in [0, 0.1) is 0 Å². The first-order valence-electron chi connectivity index (χ1n) is 11.0. The van der Waals surface area contributed by atoms with E-state index in [0.717, 1.165) is 0 Å². The molecule has 1 aliphatic heterocycles. The molecule has 3 aromatic rings. The van der Waals surface area contributed by atoms with Crippen LogP contribution in [0.4, 0.5) is 0 Å². The summed E-state index contributed by atoms with van der Waals surface area (Å²) in [4.78, 5) is 51.0. The zero-order valence-corrected chi connectivity index (χ0v) is 20.4. The molecule has 184 valence electrons. The summed E-state index contributed by atoms with van der Waals surface area (Å²) < 4.78 is 22.1. The van der Waals surface area contributed by atoms with E-state index < -0.39 is 48.3 Å². The van der Waals surface area contributed by atoms with Crippen molar-refractivity contribution in [1.82, 2.24) is 0 Å². The van der Waals surface area contributed by atoms with Gasteiger partial charge in [-0.05, 0) is 36.4 Å². The van der Waals surface area contributed by atoms with Crippen LogP contribution in [-0.2, 0) is 23.7 Å². The smallest absolute Gasteiger partial charge is 0.352 e. The number of ether oxygens (including phenoxy) is 4. The normalized spacial score (nSPS) is 19.6. The summed E-state index contributed by atoms with van der Waals surface area (Å²) >= 11 is 3.28. The van der Waals surface area contributed by atoms with E-state index in [1.807, 2.05) is 0 Å². The van der Waals surface area contributed by atoms with Crippen molar-refractivity contribution in [2.24, 2.45) is 0 Å². The number of cyclic esters (lactones) is 1. The Morgan fingerprint density at radius 1 is 0.722 bits per heavy atom. The van der Waals surface area contributed by atoms with E-state index in [0.29, 0.717) is 0 Å². The lowest BCUT2D eigenvalue weighted by Gasteiger charge is -2.26. The van der Waals surface area contributed by atoms with Crippen molar-refractivity contribution in [3.05, 3.63) is 108 Å². The maximum absolute atomic E-state index is 12.9. The van der Waals surface area contributed by atoms with Gasteiger partial charge in [-0.3, -0.25) is 0 Å². The highest BCUT2D eigenvalue weighted by atomic mass is 79.9. The lowest BCUT2D eigenvalue weighted by Crippen LogP contribution is -2.46. The van der Waals surface area contributed by atoms with Crippen LogP contribution in [0.1, 0.15) is 31.1 Å². The minimum absolute atomic E-state index is 0.0578. The SMILES string of the molecule is O=C(O[C@H]1[C@H]([C@@H](CBr)OC(=O)c2ccccc2)OC(=O)[C@@H]1OC(=O)c1ccccc1)c1ccccc1. The van der Waals surface area contributed by atoms with E-state index in [1.165, 1.54) is 24.3 Å². The van der Waals surface area contributed by atoms with Crippen LogP contribution in [0.15, 0.2) is 91.0 Å². The number of alkyl halides is 1. The van der Waals surface area contributed by atoms with Crippen molar-refractivity contribution in [1.29, 1.82) is 0 Å². The Kier molecular flexibility index (Phi) is 8.12. The first-order valence-corrected chi connectivity index (χ1v) is 12.1. The molecule has 4 atom stereocenters. The summed E-state index contributed by atoms with van der Waals surface area (Å²) in [6, 6.07) is 24.4. The van der Waals surface area contributed by atoms with Crippen molar-refractivity contribution in [3.8, 4) is 0 Å². The van der Waals surface area contributed by atoms with Gasteiger partial charge in [0, 0.05) is 5.33 Å². The Hall–Kier alpha value is -3.98. The zero-order valence-electron chi connectivity index (χ0n) is 18.8. The molecule has 0 amide bonds. The van der Waals surface area contributed by atoms with E-state index in [1.54, 1.807) is 66.7 Å². The maximum atomic E-state index is 12.9. The second-order valence-corrected chi connectivity index (χ2v) is 8.44. The summed E-state index contributed by atoms with van der Waals surface area (Å²) in [5, 5.41) is 0.0578. The molecular formula is C27H21BrO8. The first-order chi connectivity index (χ1) is 17.5. The highest BCUT2D eigenvalue weighted by Crippen LogP contribution is 2.29. The summed E-state index contributed by atoms with van der Waals surface area (Å²) in [5.41, 5.74) is 0.715. The lowest BCUT2D eigenvalue weighted by molar-refractivity contribution is -0.150. The van der Waals surface area contributed by atoms with E-state index in [-0.39, 0.29) is 22.0 Å². The third kappa shape index (κ3) is 5.80. The van der Waals surface area contributed by atoms with Crippen molar-refractivity contribution in [2.45, 2.75) is 24.4 Å². The van der Waals surface area contributed by atoms with E-state index in [9.17, 15) is 19.2 Å². The van der Waals surface area contributed by atoms with Gasteiger partial charge in [-0.1, -0.05) is 70.5 Å². The lowest BCUT2D eigenvalue weighted by atomic mass is 10.1. The van der Waals surface area contributed by atoms with Gasteiger partial charge >= 0.3 is 23.9 Å². The number of benzene rings is 3. The molecule has 1 heterocycles. The molecule has 9 heteroatoms. The van der Waals surface area contributed by atoms with Gasteiger partial charge < -0.3 is 18.9 Å². The van der Waals surface area contributed by atoms with Gasteiger partial charge in [0.05, 0.1) is 16.7 Å². The molecule has 4 rings (SSSR count). The highest BCUT2D eigenvalue weighted by molar-refractivity contribution is 9.09. The summed E-state index contributed by atoms with van der Waals surface area (Å²) in [5.74, 6) is -3.13. The van der Waals surface area contributed by atoms with Gasteiger partial charge in [-0.25, -0.2) is 19.2 Å². The van der Waals surface area contributed by atoms with Crippen LogP contribution in [0.25, 0.3) is 0 Å². The molecule has 8 nitrogen and oxygen atoms in total. The molecule has 1 fully saturated rings.